The van der Waals surface area contributed by atoms with Gasteiger partial charge in [0.2, 0.25) is 10.0 Å². The maximum absolute atomic E-state index is 13.9. The highest BCUT2D eigenvalue weighted by molar-refractivity contribution is 7.89. The largest absolute Gasteiger partial charge is 0.384 e. The quantitative estimate of drug-likeness (QED) is 0.806. The van der Waals surface area contributed by atoms with E-state index >= 15 is 0 Å². The van der Waals surface area contributed by atoms with Crippen molar-refractivity contribution < 1.29 is 17.5 Å². The molecule has 1 saturated heterocycles. The van der Waals surface area contributed by atoms with Gasteiger partial charge in [0.25, 0.3) is 0 Å². The molecule has 1 aliphatic rings. The summed E-state index contributed by atoms with van der Waals surface area (Å²) in [5.74, 6) is -0.724. The summed E-state index contributed by atoms with van der Waals surface area (Å²) < 4.78 is 46.4. The van der Waals surface area contributed by atoms with E-state index < -0.39 is 15.8 Å². The molecular weight excluding hydrogens is 343 g/mol. The lowest BCUT2D eigenvalue weighted by Crippen LogP contribution is -2.47. The number of hydrogen-bond acceptors (Lipinski definition) is 4. The number of methoxy groups -OCH3 is 1. The Morgan fingerprint density at radius 1 is 1.35 bits per heavy atom. The van der Waals surface area contributed by atoms with Gasteiger partial charge in [0.05, 0.1) is 6.61 Å². The van der Waals surface area contributed by atoms with Crippen LogP contribution in [0.5, 0.6) is 0 Å². The monoisotopic (exact) mass is 366 g/mol. The molecule has 0 unspecified atom stereocenters. The van der Waals surface area contributed by atoms with E-state index in [4.69, 9.17) is 4.74 Å². The van der Waals surface area contributed by atoms with Crippen LogP contribution < -0.4 is 10.0 Å². The van der Waals surface area contributed by atoms with Crippen molar-refractivity contribution >= 4 is 22.4 Å². The van der Waals surface area contributed by atoms with E-state index in [0.717, 1.165) is 25.9 Å². The molecule has 8 heteroatoms. The molecule has 0 radical (unpaired) electrons. The number of rotatable bonds is 6. The van der Waals surface area contributed by atoms with E-state index in [1.165, 1.54) is 12.1 Å². The third kappa shape index (κ3) is 5.12. The fourth-order valence-electron chi connectivity index (χ4n) is 2.79. The third-order valence-corrected chi connectivity index (χ3v) is 5.56. The van der Waals surface area contributed by atoms with Crippen LogP contribution in [0.25, 0.3) is 0 Å². The minimum Gasteiger partial charge on any atom is -0.384 e. The van der Waals surface area contributed by atoms with Crippen molar-refractivity contribution in [3.05, 3.63) is 29.6 Å². The molecule has 1 aromatic rings. The second-order valence-electron chi connectivity index (χ2n) is 5.94. The minimum absolute atomic E-state index is 0. The predicted molar refractivity (Wildman–Crippen MR) is 90.0 cm³/mol. The van der Waals surface area contributed by atoms with Gasteiger partial charge >= 0.3 is 0 Å². The number of aryl methyl sites for hydroxylation is 1. The second-order valence-corrected chi connectivity index (χ2v) is 7.68. The van der Waals surface area contributed by atoms with Gasteiger partial charge in [-0.1, -0.05) is 6.07 Å². The van der Waals surface area contributed by atoms with Gasteiger partial charge in [-0.3, -0.25) is 0 Å². The zero-order valence-electron chi connectivity index (χ0n) is 13.4. The molecule has 0 amide bonds. The number of ether oxygens (including phenoxy) is 1. The number of benzene rings is 1. The Hall–Kier alpha value is -0.730. The molecule has 2 rings (SSSR count). The Morgan fingerprint density at radius 3 is 2.57 bits per heavy atom. The van der Waals surface area contributed by atoms with E-state index in [2.05, 4.69) is 10.0 Å². The molecule has 5 nitrogen and oxygen atoms in total. The number of nitrogens with one attached hydrogen (secondary N) is 2. The third-order valence-electron chi connectivity index (χ3n) is 4.13. The average Bonchev–Trinajstić information content (AvgIpc) is 2.46. The maximum atomic E-state index is 13.9. The van der Waals surface area contributed by atoms with Crippen LogP contribution in [0.1, 0.15) is 18.4 Å². The average molecular weight is 367 g/mol. The van der Waals surface area contributed by atoms with Gasteiger partial charge in [-0.05, 0) is 50.6 Å². The zero-order valence-corrected chi connectivity index (χ0v) is 15.0. The van der Waals surface area contributed by atoms with Crippen molar-refractivity contribution in [3.8, 4) is 0 Å². The molecule has 1 aromatic carbocycles. The summed E-state index contributed by atoms with van der Waals surface area (Å²) in [5.41, 5.74) is 0.444. The summed E-state index contributed by atoms with van der Waals surface area (Å²) in [6, 6.07) is 4.12. The molecule has 0 aliphatic carbocycles. The van der Waals surface area contributed by atoms with Crippen LogP contribution in [0.4, 0.5) is 4.39 Å². The van der Waals surface area contributed by atoms with Crippen molar-refractivity contribution in [2.75, 3.05) is 33.4 Å². The lowest BCUT2D eigenvalue weighted by molar-refractivity contribution is 0.0577. The first-order valence-corrected chi connectivity index (χ1v) is 8.82. The molecule has 0 bridgehead atoms. The van der Waals surface area contributed by atoms with Gasteiger partial charge in [-0.2, -0.15) is 0 Å². The predicted octanol–water partition coefficient (Wildman–Crippen LogP) is 1.85. The topological polar surface area (TPSA) is 67.4 Å². The van der Waals surface area contributed by atoms with Crippen LogP contribution in [0.3, 0.4) is 0 Å². The summed E-state index contributed by atoms with van der Waals surface area (Å²) in [4.78, 5) is -0.306. The second kappa shape index (κ2) is 8.39. The maximum Gasteiger partial charge on any atom is 0.243 e. The summed E-state index contributed by atoms with van der Waals surface area (Å²) in [6.07, 6.45) is 1.64. The number of sulfonamides is 1. The minimum atomic E-state index is -3.86. The molecule has 1 heterocycles. The number of piperidine rings is 1. The first-order valence-electron chi connectivity index (χ1n) is 7.34. The highest BCUT2D eigenvalue weighted by atomic mass is 35.5. The Balaban J connectivity index is 0.00000264. The highest BCUT2D eigenvalue weighted by Gasteiger charge is 2.34. The lowest BCUT2D eigenvalue weighted by atomic mass is 9.80. The Bertz CT molecular complexity index is 614. The van der Waals surface area contributed by atoms with Crippen LogP contribution >= 0.6 is 12.4 Å². The summed E-state index contributed by atoms with van der Waals surface area (Å²) in [7, 11) is -2.26. The Labute approximate surface area is 143 Å². The van der Waals surface area contributed by atoms with Gasteiger partial charge < -0.3 is 10.1 Å². The number of hydrogen-bond donors (Lipinski definition) is 2. The van der Waals surface area contributed by atoms with Crippen molar-refractivity contribution in [1.82, 2.24) is 10.0 Å². The van der Waals surface area contributed by atoms with Crippen LogP contribution in [-0.4, -0.2) is 41.8 Å². The molecule has 0 spiro atoms. The van der Waals surface area contributed by atoms with Crippen molar-refractivity contribution in [2.24, 2.45) is 5.41 Å². The van der Waals surface area contributed by atoms with E-state index in [1.54, 1.807) is 20.1 Å². The van der Waals surface area contributed by atoms with Gasteiger partial charge in [0, 0.05) is 19.1 Å². The van der Waals surface area contributed by atoms with E-state index in [9.17, 15) is 12.8 Å². The van der Waals surface area contributed by atoms with Crippen molar-refractivity contribution in [3.63, 3.8) is 0 Å². The van der Waals surface area contributed by atoms with Crippen molar-refractivity contribution in [2.45, 2.75) is 24.7 Å². The van der Waals surface area contributed by atoms with Gasteiger partial charge in [0.1, 0.15) is 10.7 Å². The molecule has 1 fully saturated rings. The first-order chi connectivity index (χ1) is 10.4. The van der Waals surface area contributed by atoms with E-state index in [1.807, 2.05) is 0 Å². The molecule has 0 saturated carbocycles. The molecule has 0 atom stereocenters. The number of halogens is 2. The molecule has 132 valence electrons. The Kier molecular flexibility index (Phi) is 7.41. The summed E-state index contributed by atoms with van der Waals surface area (Å²) in [5, 5.41) is 3.25. The molecule has 0 aromatic heterocycles. The lowest BCUT2D eigenvalue weighted by Gasteiger charge is -2.37. The fraction of sp³-hybridized carbons (Fsp3) is 0.600. The molecule has 1 aliphatic heterocycles. The zero-order chi connectivity index (χ0) is 16.2. The first kappa shape index (κ1) is 20.3. The van der Waals surface area contributed by atoms with E-state index in [-0.39, 0.29) is 29.3 Å². The summed E-state index contributed by atoms with van der Waals surface area (Å²) >= 11 is 0. The molecular formula is C15H24ClFN2O3S. The smallest absolute Gasteiger partial charge is 0.243 e. The fourth-order valence-corrected chi connectivity index (χ4v) is 4.00. The standard InChI is InChI=1S/C15H23FN2O3S.ClH/c1-12-3-4-14(13(16)9-12)22(19,20)18-10-15(11-21-2)5-7-17-8-6-15;/h3-4,9,17-18H,5-8,10-11H2,1-2H3;1H. The van der Waals surface area contributed by atoms with Gasteiger partial charge in [0.15, 0.2) is 0 Å². The normalized spacial score (nSPS) is 17.5. The van der Waals surface area contributed by atoms with Crippen LogP contribution in [0.2, 0.25) is 0 Å². The molecule has 2 N–H and O–H groups in total. The van der Waals surface area contributed by atoms with E-state index in [0.29, 0.717) is 12.2 Å². The van der Waals surface area contributed by atoms with Gasteiger partial charge in [-0.25, -0.2) is 17.5 Å². The summed E-state index contributed by atoms with van der Waals surface area (Å²) in [6.45, 7) is 4.09. The SMILES string of the molecule is COCC1(CNS(=O)(=O)c2ccc(C)cc2F)CCNCC1.Cl. The Morgan fingerprint density at radius 2 is 2.00 bits per heavy atom. The molecule has 23 heavy (non-hydrogen) atoms. The van der Waals surface area contributed by atoms with Crippen molar-refractivity contribution in [1.29, 1.82) is 0 Å². The van der Waals surface area contributed by atoms with Gasteiger partial charge in [-0.15, -0.1) is 12.4 Å². The highest BCUT2D eigenvalue weighted by Crippen LogP contribution is 2.29. The van der Waals surface area contributed by atoms with Crippen LogP contribution in [-0.2, 0) is 14.8 Å². The van der Waals surface area contributed by atoms with Crippen LogP contribution in [0, 0.1) is 18.2 Å². The van der Waals surface area contributed by atoms with Crippen LogP contribution in [0.15, 0.2) is 23.1 Å².